The van der Waals surface area contributed by atoms with E-state index in [9.17, 15) is 5.11 Å². The predicted molar refractivity (Wildman–Crippen MR) is 84.0 cm³/mol. The van der Waals surface area contributed by atoms with E-state index in [1.54, 1.807) is 31.0 Å². The molecule has 0 fully saturated rings. The van der Waals surface area contributed by atoms with Crippen molar-refractivity contribution in [2.45, 2.75) is 10.6 Å². The molecule has 0 saturated carbocycles. The van der Waals surface area contributed by atoms with Crippen molar-refractivity contribution in [2.75, 3.05) is 7.11 Å². The number of aromatic nitrogens is 2. The second kappa shape index (κ2) is 6.53. The van der Waals surface area contributed by atoms with E-state index in [1.165, 1.54) is 0 Å². The Kier molecular flexibility index (Phi) is 4.29. The average molecular weight is 314 g/mol. The molecule has 0 bridgehead atoms. The molecule has 5 nitrogen and oxygen atoms in total. The van der Waals surface area contributed by atoms with Crippen molar-refractivity contribution in [3.63, 3.8) is 0 Å². The Morgan fingerprint density at radius 3 is 2.68 bits per heavy atom. The average Bonchev–Trinajstić information content (AvgIpc) is 3.03. The number of hydrogen-bond acceptors (Lipinski definition) is 6. The van der Waals surface area contributed by atoms with Gasteiger partial charge < -0.3 is 14.4 Å². The number of ether oxygens (including phenoxy) is 1. The van der Waals surface area contributed by atoms with Crippen molar-refractivity contribution in [1.82, 2.24) is 10.1 Å². The van der Waals surface area contributed by atoms with E-state index in [4.69, 9.17) is 9.26 Å². The second-order valence-corrected chi connectivity index (χ2v) is 5.54. The van der Waals surface area contributed by atoms with Crippen molar-refractivity contribution in [2.24, 2.45) is 0 Å². The van der Waals surface area contributed by atoms with Crippen LogP contribution in [0.15, 0.2) is 57.9 Å². The van der Waals surface area contributed by atoms with Crippen LogP contribution in [0, 0.1) is 0 Å². The normalized spacial score (nSPS) is 10.6. The first-order valence-electron chi connectivity index (χ1n) is 6.64. The van der Waals surface area contributed by atoms with Gasteiger partial charge in [0.15, 0.2) is 0 Å². The summed E-state index contributed by atoms with van der Waals surface area (Å²) >= 11 is 1.56. The Labute approximate surface area is 131 Å². The van der Waals surface area contributed by atoms with E-state index in [-0.39, 0.29) is 5.75 Å². The summed E-state index contributed by atoms with van der Waals surface area (Å²) in [4.78, 5) is 5.42. The number of para-hydroxylation sites is 1. The van der Waals surface area contributed by atoms with E-state index >= 15 is 0 Å². The van der Waals surface area contributed by atoms with E-state index < -0.39 is 0 Å². The van der Waals surface area contributed by atoms with Gasteiger partial charge in [-0.1, -0.05) is 17.3 Å². The number of hydrogen-bond donors (Lipinski definition) is 1. The Morgan fingerprint density at radius 2 is 1.91 bits per heavy atom. The third-order valence-corrected chi connectivity index (χ3v) is 4.01. The highest BCUT2D eigenvalue weighted by Gasteiger charge is 2.12. The predicted octanol–water partition coefficient (Wildman–Crippen LogP) is 3.74. The molecule has 3 aromatic rings. The fourth-order valence-electron chi connectivity index (χ4n) is 1.94. The van der Waals surface area contributed by atoms with Crippen molar-refractivity contribution in [1.29, 1.82) is 0 Å². The van der Waals surface area contributed by atoms with Crippen LogP contribution in [0.2, 0.25) is 0 Å². The summed E-state index contributed by atoms with van der Waals surface area (Å²) in [5.41, 5.74) is 0.801. The third kappa shape index (κ3) is 3.23. The summed E-state index contributed by atoms with van der Waals surface area (Å²) in [6.45, 7) is 0. The maximum Gasteiger partial charge on any atom is 0.237 e. The summed E-state index contributed by atoms with van der Waals surface area (Å²) in [7, 11) is 1.61. The number of benzene rings is 2. The molecular weight excluding hydrogens is 300 g/mol. The lowest BCUT2D eigenvalue weighted by atomic mass is 10.2. The molecule has 1 N–H and O–H groups in total. The van der Waals surface area contributed by atoms with E-state index in [2.05, 4.69) is 10.1 Å². The van der Waals surface area contributed by atoms with E-state index in [0.717, 1.165) is 10.5 Å². The fraction of sp³-hybridized carbons (Fsp3) is 0.125. The molecule has 3 rings (SSSR count). The molecule has 112 valence electrons. The minimum atomic E-state index is 0.251. The van der Waals surface area contributed by atoms with Crippen molar-refractivity contribution < 1.29 is 14.4 Å². The van der Waals surface area contributed by atoms with Crippen molar-refractivity contribution in [3.05, 3.63) is 54.4 Å². The lowest BCUT2D eigenvalue weighted by Gasteiger charge is -2.03. The maximum atomic E-state index is 9.26. The Bertz CT molecular complexity index is 756. The van der Waals surface area contributed by atoms with Gasteiger partial charge in [0, 0.05) is 4.90 Å². The van der Waals surface area contributed by atoms with Crippen molar-refractivity contribution >= 4 is 11.8 Å². The van der Waals surface area contributed by atoms with Gasteiger partial charge in [-0.25, -0.2) is 0 Å². The van der Waals surface area contributed by atoms with Gasteiger partial charge in [-0.2, -0.15) is 4.98 Å². The van der Waals surface area contributed by atoms with Gasteiger partial charge in [-0.05, 0) is 36.4 Å². The molecule has 0 amide bonds. The number of aromatic hydroxyl groups is 1. The van der Waals surface area contributed by atoms with Gasteiger partial charge >= 0.3 is 0 Å². The zero-order valence-corrected chi connectivity index (χ0v) is 12.7. The molecule has 0 aliphatic rings. The van der Waals surface area contributed by atoms with Crippen LogP contribution in [0.3, 0.4) is 0 Å². The first kappa shape index (κ1) is 14.5. The van der Waals surface area contributed by atoms with E-state index in [1.807, 2.05) is 36.4 Å². The topological polar surface area (TPSA) is 68.4 Å². The van der Waals surface area contributed by atoms with Crippen LogP contribution in [0.4, 0.5) is 0 Å². The monoisotopic (exact) mass is 314 g/mol. The molecule has 1 heterocycles. The van der Waals surface area contributed by atoms with Crippen LogP contribution < -0.4 is 4.74 Å². The van der Waals surface area contributed by atoms with Gasteiger partial charge in [0.25, 0.3) is 0 Å². The Balaban J connectivity index is 1.72. The summed E-state index contributed by atoms with van der Waals surface area (Å²) in [6, 6.07) is 14.5. The first-order valence-corrected chi connectivity index (χ1v) is 7.62. The maximum absolute atomic E-state index is 9.26. The molecule has 0 spiro atoms. The molecular formula is C16H14N2O3S. The standard InChI is InChI=1S/C16H14N2O3S/c1-20-14-5-3-2-4-13(14)16-17-15(21-18-16)10-22-12-8-6-11(19)7-9-12/h2-9,19H,10H2,1H3. The van der Waals surface area contributed by atoms with Crippen LogP contribution >= 0.6 is 11.8 Å². The number of thioether (sulfide) groups is 1. The van der Waals surface area contributed by atoms with Crippen LogP contribution in [-0.2, 0) is 5.75 Å². The molecule has 1 aromatic heterocycles. The fourth-order valence-corrected chi connectivity index (χ4v) is 2.68. The number of methoxy groups -OCH3 is 1. The lowest BCUT2D eigenvalue weighted by Crippen LogP contribution is -1.89. The molecule has 0 saturated heterocycles. The zero-order chi connectivity index (χ0) is 15.4. The molecule has 22 heavy (non-hydrogen) atoms. The summed E-state index contributed by atoms with van der Waals surface area (Å²) < 4.78 is 10.6. The summed E-state index contributed by atoms with van der Waals surface area (Å²) in [6.07, 6.45) is 0. The lowest BCUT2D eigenvalue weighted by molar-refractivity contribution is 0.390. The molecule has 0 radical (unpaired) electrons. The summed E-state index contributed by atoms with van der Waals surface area (Å²) in [5, 5.41) is 13.3. The molecule has 0 unspecified atom stereocenters. The molecule has 0 atom stereocenters. The Hall–Kier alpha value is -2.47. The molecule has 0 aliphatic carbocycles. The first-order chi connectivity index (χ1) is 10.8. The van der Waals surface area contributed by atoms with E-state index in [0.29, 0.717) is 23.2 Å². The zero-order valence-electron chi connectivity index (χ0n) is 11.9. The minimum absolute atomic E-state index is 0.251. The quantitative estimate of drug-likeness (QED) is 0.723. The van der Waals surface area contributed by atoms with Gasteiger partial charge in [-0.3, -0.25) is 0 Å². The number of nitrogens with zero attached hydrogens (tertiary/aromatic N) is 2. The van der Waals surface area contributed by atoms with Gasteiger partial charge in [0.05, 0.1) is 18.4 Å². The van der Waals surface area contributed by atoms with Gasteiger partial charge in [0.2, 0.25) is 11.7 Å². The number of phenols is 1. The Morgan fingerprint density at radius 1 is 1.14 bits per heavy atom. The second-order valence-electron chi connectivity index (χ2n) is 4.49. The highest BCUT2D eigenvalue weighted by atomic mass is 32.2. The largest absolute Gasteiger partial charge is 0.508 e. The van der Waals surface area contributed by atoms with Crippen LogP contribution in [0.1, 0.15) is 5.89 Å². The smallest absolute Gasteiger partial charge is 0.237 e. The van der Waals surface area contributed by atoms with Crippen LogP contribution in [0.5, 0.6) is 11.5 Å². The summed E-state index contributed by atoms with van der Waals surface area (Å²) in [5.74, 6) is 2.58. The minimum Gasteiger partial charge on any atom is -0.508 e. The molecule has 2 aromatic carbocycles. The van der Waals surface area contributed by atoms with Crippen molar-refractivity contribution in [3.8, 4) is 22.9 Å². The third-order valence-electron chi connectivity index (χ3n) is 3.01. The highest BCUT2D eigenvalue weighted by molar-refractivity contribution is 7.98. The number of rotatable bonds is 5. The van der Waals surface area contributed by atoms with Crippen LogP contribution in [0.25, 0.3) is 11.4 Å². The SMILES string of the molecule is COc1ccccc1-c1noc(CSc2ccc(O)cc2)n1. The van der Waals surface area contributed by atoms with Gasteiger partial charge in [0.1, 0.15) is 11.5 Å². The molecule has 0 aliphatic heterocycles. The van der Waals surface area contributed by atoms with Crippen LogP contribution in [-0.4, -0.2) is 22.4 Å². The molecule has 6 heteroatoms. The number of phenolic OH excluding ortho intramolecular Hbond substituents is 1. The highest BCUT2D eigenvalue weighted by Crippen LogP contribution is 2.29. The van der Waals surface area contributed by atoms with Gasteiger partial charge in [-0.15, -0.1) is 11.8 Å².